The lowest BCUT2D eigenvalue weighted by molar-refractivity contribution is -0.141. The first kappa shape index (κ1) is 37.7. The monoisotopic (exact) mass is 653 g/mol. The van der Waals surface area contributed by atoms with Crippen LogP contribution in [0.5, 0.6) is 0 Å². The summed E-state index contributed by atoms with van der Waals surface area (Å²) in [5, 5.41) is 27.0. The van der Waals surface area contributed by atoms with Gasteiger partial charge in [0.1, 0.15) is 6.04 Å². The number of piperidine rings is 1. The minimum atomic E-state index is -0.918. The topological polar surface area (TPSA) is 159 Å². The number of likely N-dealkylation sites (tertiary alicyclic amines) is 1. The van der Waals surface area contributed by atoms with Crippen molar-refractivity contribution in [2.24, 2.45) is 17.8 Å². The zero-order valence-electron chi connectivity index (χ0n) is 29.1. The summed E-state index contributed by atoms with van der Waals surface area (Å²) in [6.07, 6.45) is 6.48. The second-order valence-corrected chi connectivity index (χ2v) is 13.7. The molecular weight excluding hydrogens is 598 g/mol. The summed E-state index contributed by atoms with van der Waals surface area (Å²) in [7, 11) is 1.96. The van der Waals surface area contributed by atoms with Crippen LogP contribution in [0, 0.1) is 17.8 Å². The number of carboxylic acid groups (broad SMARTS) is 1. The van der Waals surface area contributed by atoms with Crippen molar-refractivity contribution < 1.29 is 24.3 Å². The highest BCUT2D eigenvalue weighted by atomic mass is 16.4. The van der Waals surface area contributed by atoms with Gasteiger partial charge in [0, 0.05) is 12.1 Å². The van der Waals surface area contributed by atoms with Crippen LogP contribution >= 0.6 is 0 Å². The Labute approximate surface area is 279 Å². The number of rotatable bonds is 17. The van der Waals surface area contributed by atoms with Crippen LogP contribution in [-0.4, -0.2) is 86.5 Å². The Bertz CT molecular complexity index is 1320. The van der Waals surface area contributed by atoms with Gasteiger partial charge < -0.3 is 21.1 Å². The van der Waals surface area contributed by atoms with Crippen LogP contribution < -0.4 is 16.0 Å². The van der Waals surface area contributed by atoms with Crippen LogP contribution in [0.15, 0.2) is 36.5 Å². The second kappa shape index (κ2) is 17.9. The molecule has 0 radical (unpaired) electrons. The van der Waals surface area contributed by atoms with Crippen LogP contribution in [0.1, 0.15) is 102 Å². The van der Waals surface area contributed by atoms with Crippen molar-refractivity contribution in [2.75, 3.05) is 13.6 Å². The molecule has 260 valence electrons. The third-order valence-corrected chi connectivity index (χ3v) is 9.51. The number of likely N-dealkylation sites (N-methyl/N-ethyl adjacent to an activating group) is 1. The zero-order valence-corrected chi connectivity index (χ0v) is 29.1. The minimum Gasteiger partial charge on any atom is -0.481 e. The van der Waals surface area contributed by atoms with Crippen LogP contribution in [0.25, 0.3) is 0 Å². The van der Waals surface area contributed by atoms with Crippen molar-refractivity contribution in [3.63, 3.8) is 0 Å². The lowest BCUT2D eigenvalue weighted by atomic mass is 9.93. The van der Waals surface area contributed by atoms with E-state index in [-0.39, 0.29) is 53.9 Å². The number of aliphatic carboxylic acids is 1. The molecule has 1 aliphatic rings. The molecule has 12 heteroatoms. The van der Waals surface area contributed by atoms with E-state index in [9.17, 15) is 24.3 Å². The maximum Gasteiger partial charge on any atom is 0.306 e. The molecule has 3 rings (SSSR count). The quantitative estimate of drug-likeness (QED) is 0.201. The lowest BCUT2D eigenvalue weighted by Crippen LogP contribution is -2.57. The van der Waals surface area contributed by atoms with E-state index in [2.05, 4.69) is 31.2 Å². The van der Waals surface area contributed by atoms with E-state index < -0.39 is 29.9 Å². The minimum absolute atomic E-state index is 0.0429. The number of hydrogen-bond acceptors (Lipinski definition) is 7. The van der Waals surface area contributed by atoms with E-state index in [0.717, 1.165) is 37.8 Å². The lowest BCUT2D eigenvalue weighted by Gasteiger charge is -2.34. The first-order chi connectivity index (χ1) is 22.3. The van der Waals surface area contributed by atoms with Gasteiger partial charge in [-0.05, 0) is 70.0 Å². The summed E-state index contributed by atoms with van der Waals surface area (Å²) < 4.78 is 1.62. The fraction of sp³-hybridized carbons (Fsp3) is 0.657. The Balaban J connectivity index is 1.66. The van der Waals surface area contributed by atoms with Crippen molar-refractivity contribution >= 4 is 23.7 Å². The van der Waals surface area contributed by atoms with Crippen LogP contribution in [0.3, 0.4) is 0 Å². The molecule has 47 heavy (non-hydrogen) atoms. The number of aromatic nitrogens is 3. The van der Waals surface area contributed by atoms with Crippen molar-refractivity contribution in [1.82, 2.24) is 35.8 Å². The van der Waals surface area contributed by atoms with Gasteiger partial charge in [-0.15, -0.1) is 5.10 Å². The molecular formula is C35H55N7O5. The Morgan fingerprint density at radius 3 is 2.30 bits per heavy atom. The number of benzene rings is 1. The highest BCUT2D eigenvalue weighted by Gasteiger charge is 2.33. The zero-order chi connectivity index (χ0) is 34.7. The first-order valence-corrected chi connectivity index (χ1v) is 17.1. The predicted molar refractivity (Wildman–Crippen MR) is 181 cm³/mol. The molecule has 12 nitrogen and oxygen atoms in total. The average Bonchev–Trinajstić information content (AvgIpc) is 3.54. The van der Waals surface area contributed by atoms with E-state index in [0.29, 0.717) is 12.8 Å². The van der Waals surface area contributed by atoms with E-state index >= 15 is 0 Å². The first-order valence-electron chi connectivity index (χ1n) is 17.1. The van der Waals surface area contributed by atoms with E-state index in [1.165, 1.54) is 0 Å². The normalized spacial score (nSPS) is 19.2. The molecule has 1 fully saturated rings. The van der Waals surface area contributed by atoms with Crippen molar-refractivity contribution in [2.45, 2.75) is 117 Å². The molecule has 0 unspecified atom stereocenters. The smallest absolute Gasteiger partial charge is 0.306 e. The highest BCUT2D eigenvalue weighted by Crippen LogP contribution is 2.20. The molecule has 1 aliphatic heterocycles. The third kappa shape index (κ3) is 11.2. The molecule has 0 spiro atoms. The van der Waals surface area contributed by atoms with Crippen molar-refractivity contribution in [3.8, 4) is 0 Å². The highest BCUT2D eigenvalue weighted by molar-refractivity contribution is 5.92. The SMILES string of the molecule is CC[C@H](C)[C@H](NC(=O)[C@H]1CCCCN1C)C(=O)N[C@H](C[C@@H](C)n1cc(C(=O)N[C@@H](Cc2ccccc2)C[C@H](C)C(=O)O)nn1)C(C)C. The third-order valence-electron chi connectivity index (χ3n) is 9.51. The summed E-state index contributed by atoms with van der Waals surface area (Å²) in [5.74, 6) is -2.22. The molecule has 3 amide bonds. The second-order valence-electron chi connectivity index (χ2n) is 13.7. The van der Waals surface area contributed by atoms with Gasteiger partial charge in [-0.3, -0.25) is 24.1 Å². The molecule has 4 N–H and O–H groups in total. The molecule has 2 heterocycles. The molecule has 1 aromatic carbocycles. The predicted octanol–water partition coefficient (Wildman–Crippen LogP) is 3.84. The average molecular weight is 654 g/mol. The van der Waals surface area contributed by atoms with Gasteiger partial charge in [0.2, 0.25) is 11.8 Å². The Morgan fingerprint density at radius 1 is 0.979 bits per heavy atom. The largest absolute Gasteiger partial charge is 0.481 e. The maximum absolute atomic E-state index is 13.7. The summed E-state index contributed by atoms with van der Waals surface area (Å²) in [6, 6.07) is 7.93. The number of nitrogens with zero attached hydrogens (tertiary/aromatic N) is 4. The van der Waals surface area contributed by atoms with E-state index in [1.54, 1.807) is 17.8 Å². The van der Waals surface area contributed by atoms with Gasteiger partial charge >= 0.3 is 5.97 Å². The fourth-order valence-corrected chi connectivity index (χ4v) is 6.08. The van der Waals surface area contributed by atoms with Gasteiger partial charge in [-0.25, -0.2) is 4.68 Å². The molecule has 0 saturated carbocycles. The summed E-state index contributed by atoms with van der Waals surface area (Å²) >= 11 is 0. The van der Waals surface area contributed by atoms with E-state index in [4.69, 9.17) is 0 Å². The summed E-state index contributed by atoms with van der Waals surface area (Å²) in [5.41, 5.74) is 1.13. The Hall–Kier alpha value is -3.80. The maximum atomic E-state index is 13.7. The number of carbonyl (C=O) groups excluding carboxylic acids is 3. The molecule has 1 aromatic heterocycles. The van der Waals surface area contributed by atoms with Crippen LogP contribution in [0.2, 0.25) is 0 Å². The number of hydrogen-bond donors (Lipinski definition) is 4. The molecule has 0 aliphatic carbocycles. The number of carboxylic acids is 1. The standard InChI is InChI=1S/C35H55N7O5/c1-8-23(4)31(38-33(44)30-16-12-13-17-41(30)7)34(45)37-28(22(2)3)19-25(6)42-21-29(39-40-42)32(43)36-27(18-24(5)35(46)47)20-26-14-10-9-11-15-26/h9-11,14-15,21-25,27-28,30-31H,8,12-13,16-20H2,1-7H3,(H,36,43)(H,37,45)(H,38,44)(H,46,47)/t23-,24-,25+,27+,28+,30+,31-/m0/s1. The van der Waals surface area contributed by atoms with Gasteiger partial charge in [-0.2, -0.15) is 0 Å². The number of amides is 3. The van der Waals surface area contributed by atoms with Crippen LogP contribution in [-0.2, 0) is 20.8 Å². The molecule has 0 bridgehead atoms. The molecule has 7 atom stereocenters. The van der Waals surface area contributed by atoms with Gasteiger partial charge in [0.15, 0.2) is 5.69 Å². The van der Waals surface area contributed by atoms with E-state index in [1.807, 2.05) is 72.0 Å². The molecule has 1 saturated heterocycles. The van der Waals surface area contributed by atoms with Crippen molar-refractivity contribution in [1.29, 1.82) is 0 Å². The van der Waals surface area contributed by atoms with Crippen LogP contribution in [0.4, 0.5) is 0 Å². The Morgan fingerprint density at radius 2 is 1.68 bits per heavy atom. The van der Waals surface area contributed by atoms with Gasteiger partial charge in [-0.1, -0.05) is 83.0 Å². The number of nitrogens with one attached hydrogen (secondary N) is 3. The molecule has 2 aromatic rings. The van der Waals surface area contributed by atoms with Gasteiger partial charge in [0.05, 0.1) is 24.2 Å². The van der Waals surface area contributed by atoms with Crippen molar-refractivity contribution in [3.05, 3.63) is 47.8 Å². The summed E-state index contributed by atoms with van der Waals surface area (Å²) in [4.78, 5) is 53.7. The fourth-order valence-electron chi connectivity index (χ4n) is 6.08. The number of carbonyl (C=O) groups is 4. The van der Waals surface area contributed by atoms with Gasteiger partial charge in [0.25, 0.3) is 5.91 Å². The Kier molecular flexibility index (Phi) is 14.4. The summed E-state index contributed by atoms with van der Waals surface area (Å²) in [6.45, 7) is 12.5.